The van der Waals surface area contributed by atoms with E-state index in [0.717, 1.165) is 47.0 Å². The van der Waals surface area contributed by atoms with E-state index in [1.165, 1.54) is 11.3 Å². The first-order valence-electron chi connectivity index (χ1n) is 5.45. The molecule has 0 aliphatic heterocycles. The molecule has 98 valence electrons. The second kappa shape index (κ2) is 8.29. The summed E-state index contributed by atoms with van der Waals surface area (Å²) in [4.78, 5) is 2.21. The summed E-state index contributed by atoms with van der Waals surface area (Å²) in [5, 5.41) is 3.30. The normalized spacial score (nSPS) is 11.4. The highest BCUT2D eigenvalue weighted by Crippen LogP contribution is 2.31. The van der Waals surface area contributed by atoms with Gasteiger partial charge in [-0.05, 0) is 18.7 Å². The lowest BCUT2D eigenvalue weighted by atomic mass is 10.3. The molecule has 0 atom stereocenters. The molecule has 1 aromatic heterocycles. The summed E-state index contributed by atoms with van der Waals surface area (Å²) in [5.41, 5.74) is 1.10. The van der Waals surface area contributed by atoms with Crippen molar-refractivity contribution in [1.29, 1.82) is 0 Å². The third-order valence-electron chi connectivity index (χ3n) is 2.32. The second-order valence-electron chi connectivity index (χ2n) is 3.83. The molecule has 0 fully saturated rings. The first-order valence-corrected chi connectivity index (χ1v) is 7.02. The van der Waals surface area contributed by atoms with Crippen molar-refractivity contribution < 1.29 is 4.74 Å². The van der Waals surface area contributed by atoms with Crippen molar-refractivity contribution in [2.24, 2.45) is 0 Å². The average Bonchev–Trinajstić information content (AvgIpc) is 2.57. The largest absolute Gasteiger partial charge is 0.383 e. The van der Waals surface area contributed by atoms with E-state index in [-0.39, 0.29) is 0 Å². The van der Waals surface area contributed by atoms with Gasteiger partial charge in [-0.15, -0.1) is 11.3 Å². The molecule has 0 saturated carbocycles. The number of nitrogens with one attached hydrogen (secondary N) is 1. The molecule has 0 radical (unpaired) electrons. The first-order chi connectivity index (χ1) is 8.13. The van der Waals surface area contributed by atoms with Crippen LogP contribution in [0.4, 0.5) is 0 Å². The zero-order valence-electron chi connectivity index (χ0n) is 10.1. The lowest BCUT2D eigenvalue weighted by Crippen LogP contribution is -2.30. The minimum absolute atomic E-state index is 0.746. The molecule has 6 heteroatoms. The molecule has 0 bridgehead atoms. The lowest BCUT2D eigenvalue weighted by molar-refractivity contribution is 0.197. The molecule has 17 heavy (non-hydrogen) atoms. The molecule has 1 rings (SSSR count). The van der Waals surface area contributed by atoms with Crippen molar-refractivity contribution in [1.82, 2.24) is 10.2 Å². The molecule has 1 heterocycles. The van der Waals surface area contributed by atoms with Crippen molar-refractivity contribution in [3.05, 3.63) is 20.3 Å². The van der Waals surface area contributed by atoms with E-state index in [9.17, 15) is 0 Å². The number of thiophene rings is 1. The summed E-state index contributed by atoms with van der Waals surface area (Å²) in [6.45, 7) is 4.36. The number of likely N-dealkylation sites (N-methyl/N-ethyl adjacent to an activating group) is 1. The van der Waals surface area contributed by atoms with Crippen LogP contribution in [0.25, 0.3) is 0 Å². The highest BCUT2D eigenvalue weighted by Gasteiger charge is 2.08. The summed E-state index contributed by atoms with van der Waals surface area (Å²) >= 11 is 13.4. The Balaban J connectivity index is 2.20. The van der Waals surface area contributed by atoms with E-state index >= 15 is 0 Å². The Labute approximate surface area is 117 Å². The number of hydrogen-bond donors (Lipinski definition) is 1. The maximum absolute atomic E-state index is 6.07. The Morgan fingerprint density at radius 1 is 1.41 bits per heavy atom. The predicted octanol–water partition coefficient (Wildman–Crippen LogP) is 2.72. The summed E-state index contributed by atoms with van der Waals surface area (Å²) in [5.74, 6) is 0. The fourth-order valence-corrected chi connectivity index (χ4v) is 2.89. The smallest absolute Gasteiger partial charge is 0.0989 e. The third kappa shape index (κ3) is 6.04. The Bertz CT molecular complexity index is 333. The minimum Gasteiger partial charge on any atom is -0.383 e. The van der Waals surface area contributed by atoms with E-state index in [1.807, 2.05) is 6.07 Å². The number of ether oxygens (including phenoxy) is 1. The Morgan fingerprint density at radius 3 is 2.76 bits per heavy atom. The highest BCUT2D eigenvalue weighted by atomic mass is 35.5. The molecule has 0 aromatic carbocycles. The van der Waals surface area contributed by atoms with Crippen LogP contribution in [-0.4, -0.2) is 45.3 Å². The Morgan fingerprint density at radius 2 is 2.18 bits per heavy atom. The topological polar surface area (TPSA) is 24.5 Å². The Hall–Kier alpha value is 0.160. The molecule has 0 aliphatic rings. The fourth-order valence-electron chi connectivity index (χ4n) is 1.42. The van der Waals surface area contributed by atoms with Gasteiger partial charge in [-0.3, -0.25) is 0 Å². The number of rotatable bonds is 8. The molecule has 0 saturated heterocycles. The van der Waals surface area contributed by atoms with Gasteiger partial charge in [-0.2, -0.15) is 0 Å². The monoisotopic (exact) mass is 296 g/mol. The van der Waals surface area contributed by atoms with Gasteiger partial charge in [0.05, 0.1) is 15.3 Å². The lowest BCUT2D eigenvalue weighted by Gasteiger charge is -2.16. The van der Waals surface area contributed by atoms with Crippen molar-refractivity contribution in [3.8, 4) is 0 Å². The summed E-state index contributed by atoms with van der Waals surface area (Å²) < 4.78 is 6.49. The van der Waals surface area contributed by atoms with Crippen molar-refractivity contribution in [3.63, 3.8) is 0 Å². The van der Waals surface area contributed by atoms with E-state index in [0.29, 0.717) is 0 Å². The minimum atomic E-state index is 0.746. The van der Waals surface area contributed by atoms with Crippen molar-refractivity contribution in [2.45, 2.75) is 6.54 Å². The van der Waals surface area contributed by atoms with Crippen LogP contribution in [-0.2, 0) is 11.3 Å². The average molecular weight is 297 g/mol. The van der Waals surface area contributed by atoms with Crippen molar-refractivity contribution >= 4 is 34.5 Å². The molecule has 1 aromatic rings. The second-order valence-corrected chi connectivity index (χ2v) is 6.12. The maximum atomic E-state index is 6.07. The summed E-state index contributed by atoms with van der Waals surface area (Å²) in [7, 11) is 3.77. The van der Waals surface area contributed by atoms with Crippen LogP contribution < -0.4 is 5.32 Å². The highest BCUT2D eigenvalue weighted by molar-refractivity contribution is 7.20. The molecule has 0 amide bonds. The quantitative estimate of drug-likeness (QED) is 0.747. The Kier molecular flexibility index (Phi) is 7.43. The molecular formula is C11H18Cl2N2OS. The number of nitrogens with zero attached hydrogens (tertiary/aromatic N) is 1. The van der Waals surface area contributed by atoms with E-state index in [2.05, 4.69) is 17.3 Å². The van der Waals surface area contributed by atoms with Crippen LogP contribution in [0.15, 0.2) is 6.07 Å². The van der Waals surface area contributed by atoms with Gasteiger partial charge >= 0.3 is 0 Å². The molecular weight excluding hydrogens is 279 g/mol. The first kappa shape index (κ1) is 15.2. The van der Waals surface area contributed by atoms with Gasteiger partial charge in [0.25, 0.3) is 0 Å². The predicted molar refractivity (Wildman–Crippen MR) is 75.4 cm³/mol. The van der Waals surface area contributed by atoms with E-state index in [1.54, 1.807) is 7.11 Å². The number of halogens is 2. The number of hydrogen-bond acceptors (Lipinski definition) is 4. The van der Waals surface area contributed by atoms with E-state index in [4.69, 9.17) is 27.9 Å². The van der Waals surface area contributed by atoms with Gasteiger partial charge in [-0.25, -0.2) is 0 Å². The molecule has 1 N–H and O–H groups in total. The van der Waals surface area contributed by atoms with Gasteiger partial charge in [0.2, 0.25) is 0 Å². The van der Waals surface area contributed by atoms with Crippen LogP contribution in [0.3, 0.4) is 0 Å². The van der Waals surface area contributed by atoms with Crippen LogP contribution in [0.2, 0.25) is 8.67 Å². The van der Waals surface area contributed by atoms with Gasteiger partial charge in [0.1, 0.15) is 0 Å². The number of methoxy groups -OCH3 is 1. The maximum Gasteiger partial charge on any atom is 0.0989 e. The summed E-state index contributed by atoms with van der Waals surface area (Å²) in [6, 6.07) is 1.93. The molecule has 3 nitrogen and oxygen atoms in total. The van der Waals surface area contributed by atoms with Gasteiger partial charge in [-0.1, -0.05) is 23.2 Å². The SMILES string of the molecule is COCCNCCN(C)Cc1cc(Cl)sc1Cl. The van der Waals surface area contributed by atoms with Crippen LogP contribution in [0, 0.1) is 0 Å². The zero-order chi connectivity index (χ0) is 12.7. The fraction of sp³-hybridized carbons (Fsp3) is 0.636. The third-order valence-corrected chi connectivity index (χ3v) is 3.89. The van der Waals surface area contributed by atoms with E-state index < -0.39 is 0 Å². The molecule has 0 unspecified atom stereocenters. The van der Waals surface area contributed by atoms with Crippen LogP contribution in [0.1, 0.15) is 5.56 Å². The van der Waals surface area contributed by atoms with Crippen molar-refractivity contribution in [2.75, 3.05) is 40.4 Å². The summed E-state index contributed by atoms with van der Waals surface area (Å²) in [6.07, 6.45) is 0. The van der Waals surface area contributed by atoms with Crippen LogP contribution in [0.5, 0.6) is 0 Å². The molecule has 0 aliphatic carbocycles. The standard InChI is InChI=1S/C11H18Cl2N2OS/c1-15(5-3-14-4-6-16-2)8-9-7-10(12)17-11(9)13/h7,14H,3-6,8H2,1-2H3. The van der Waals surface area contributed by atoms with Crippen LogP contribution >= 0.6 is 34.5 Å². The zero-order valence-corrected chi connectivity index (χ0v) is 12.5. The van der Waals surface area contributed by atoms with Gasteiger partial charge < -0.3 is 15.0 Å². The van der Waals surface area contributed by atoms with Gasteiger partial charge in [0, 0.05) is 33.3 Å². The molecule has 0 spiro atoms. The van der Waals surface area contributed by atoms with Gasteiger partial charge in [0.15, 0.2) is 0 Å².